The minimum absolute atomic E-state index is 0.0338. The van der Waals surface area contributed by atoms with E-state index < -0.39 is 0 Å². The van der Waals surface area contributed by atoms with Gasteiger partial charge in [-0.15, -0.1) is 0 Å². The van der Waals surface area contributed by atoms with Crippen LogP contribution in [0.2, 0.25) is 0 Å². The van der Waals surface area contributed by atoms with Gasteiger partial charge in [0, 0.05) is 17.9 Å². The van der Waals surface area contributed by atoms with E-state index >= 15 is 0 Å². The number of para-hydroxylation sites is 2. The van der Waals surface area contributed by atoms with E-state index in [-0.39, 0.29) is 5.91 Å². The Balaban J connectivity index is 1.75. The Morgan fingerprint density at radius 1 is 1.00 bits per heavy atom. The number of benzene rings is 2. The summed E-state index contributed by atoms with van der Waals surface area (Å²) in [6.45, 7) is 11.4. The van der Waals surface area contributed by atoms with Gasteiger partial charge in [-0.3, -0.25) is 9.69 Å². The molecule has 2 heterocycles. The van der Waals surface area contributed by atoms with Crippen molar-refractivity contribution in [3.05, 3.63) is 87.6 Å². The van der Waals surface area contributed by atoms with Crippen molar-refractivity contribution < 1.29 is 4.79 Å². The fraction of sp³-hybridized carbons (Fsp3) is 0.286. The zero-order chi connectivity index (χ0) is 23.5. The summed E-state index contributed by atoms with van der Waals surface area (Å²) >= 11 is 1.47. The second-order valence-corrected chi connectivity index (χ2v) is 9.40. The highest BCUT2D eigenvalue weighted by Gasteiger charge is 2.33. The molecule has 170 valence electrons. The summed E-state index contributed by atoms with van der Waals surface area (Å²) in [5, 5.41) is 0.750. The Morgan fingerprint density at radius 3 is 2.45 bits per heavy atom. The highest BCUT2D eigenvalue weighted by atomic mass is 32.2. The van der Waals surface area contributed by atoms with Crippen LogP contribution in [0.15, 0.2) is 64.5 Å². The standard InChI is InChI=1S/C28H31N3OS/c1-6-16-30-27(32)25(33-28(30)29-24-14-9-8-10-15-24)18-23-17-20(4)31(21(23)5)26-19(3)12-11-13-22(26)7-2/h8-15,17-18H,6-7,16H2,1-5H3/b25-18-,29-28?. The maximum atomic E-state index is 13.3. The Labute approximate surface area is 201 Å². The molecule has 5 heteroatoms. The number of rotatable bonds is 6. The fourth-order valence-electron chi connectivity index (χ4n) is 4.37. The van der Waals surface area contributed by atoms with Crippen LogP contribution in [0.3, 0.4) is 0 Å². The zero-order valence-corrected chi connectivity index (χ0v) is 20.9. The molecule has 1 aromatic heterocycles. The molecule has 1 amide bonds. The van der Waals surface area contributed by atoms with E-state index in [2.05, 4.69) is 63.5 Å². The van der Waals surface area contributed by atoms with Gasteiger partial charge < -0.3 is 4.57 Å². The molecule has 0 bridgehead atoms. The topological polar surface area (TPSA) is 37.6 Å². The molecule has 0 radical (unpaired) electrons. The van der Waals surface area contributed by atoms with Crippen molar-refractivity contribution in [2.75, 3.05) is 6.54 Å². The van der Waals surface area contributed by atoms with Gasteiger partial charge in [0.15, 0.2) is 5.17 Å². The number of carbonyl (C=O) groups is 1. The van der Waals surface area contributed by atoms with E-state index in [1.807, 2.05) is 36.4 Å². The van der Waals surface area contributed by atoms with Gasteiger partial charge >= 0.3 is 0 Å². The van der Waals surface area contributed by atoms with Crippen LogP contribution in [0, 0.1) is 20.8 Å². The van der Waals surface area contributed by atoms with Crippen molar-refractivity contribution in [2.45, 2.75) is 47.5 Å². The van der Waals surface area contributed by atoms with Crippen LogP contribution in [0.1, 0.15) is 48.3 Å². The molecule has 33 heavy (non-hydrogen) atoms. The molecule has 0 N–H and O–H groups in total. The zero-order valence-electron chi connectivity index (χ0n) is 20.1. The second kappa shape index (κ2) is 9.84. The van der Waals surface area contributed by atoms with Crippen LogP contribution in [-0.2, 0) is 11.2 Å². The number of hydrogen-bond donors (Lipinski definition) is 0. The van der Waals surface area contributed by atoms with E-state index in [0.717, 1.165) is 39.9 Å². The SMILES string of the molecule is CCCN1C(=O)/C(=C/c2cc(C)n(-c3c(C)cccc3CC)c2C)SC1=Nc1ccccc1. The summed E-state index contributed by atoms with van der Waals surface area (Å²) in [5.74, 6) is 0.0338. The van der Waals surface area contributed by atoms with E-state index in [0.29, 0.717) is 6.54 Å². The van der Waals surface area contributed by atoms with Crippen LogP contribution < -0.4 is 0 Å². The van der Waals surface area contributed by atoms with E-state index in [9.17, 15) is 4.79 Å². The van der Waals surface area contributed by atoms with Crippen molar-refractivity contribution >= 4 is 34.6 Å². The van der Waals surface area contributed by atoms with Crippen molar-refractivity contribution in [2.24, 2.45) is 4.99 Å². The average molecular weight is 458 g/mol. The highest BCUT2D eigenvalue weighted by Crippen LogP contribution is 2.36. The molecule has 0 atom stereocenters. The van der Waals surface area contributed by atoms with Crippen LogP contribution in [0.4, 0.5) is 5.69 Å². The molecule has 0 unspecified atom stereocenters. The minimum Gasteiger partial charge on any atom is -0.317 e. The maximum Gasteiger partial charge on any atom is 0.266 e. The largest absolute Gasteiger partial charge is 0.317 e. The van der Waals surface area contributed by atoms with Crippen LogP contribution in [-0.4, -0.2) is 27.1 Å². The third-order valence-electron chi connectivity index (χ3n) is 6.00. The van der Waals surface area contributed by atoms with Crippen molar-refractivity contribution in [1.29, 1.82) is 0 Å². The summed E-state index contributed by atoms with van der Waals surface area (Å²) in [6.07, 6.45) is 3.89. The lowest BCUT2D eigenvalue weighted by atomic mass is 10.1. The monoisotopic (exact) mass is 457 g/mol. The molecule has 1 aliphatic rings. The maximum absolute atomic E-state index is 13.3. The molecule has 4 rings (SSSR count). The van der Waals surface area contributed by atoms with Gasteiger partial charge in [-0.2, -0.15) is 0 Å². The number of thioether (sulfide) groups is 1. The van der Waals surface area contributed by atoms with Gasteiger partial charge in [0.1, 0.15) is 0 Å². The summed E-state index contributed by atoms with van der Waals surface area (Å²) in [6, 6.07) is 18.5. The lowest BCUT2D eigenvalue weighted by molar-refractivity contribution is -0.122. The first kappa shape index (κ1) is 23.1. The van der Waals surface area contributed by atoms with Crippen LogP contribution >= 0.6 is 11.8 Å². The number of carbonyl (C=O) groups excluding carboxylic acids is 1. The number of aromatic nitrogens is 1. The predicted molar refractivity (Wildman–Crippen MR) is 140 cm³/mol. The second-order valence-electron chi connectivity index (χ2n) is 8.40. The number of aliphatic imine (C=N–C) groups is 1. The quantitative estimate of drug-likeness (QED) is 0.375. The normalized spacial score (nSPS) is 16.4. The summed E-state index contributed by atoms with van der Waals surface area (Å²) in [7, 11) is 0. The molecule has 0 spiro atoms. The molecular weight excluding hydrogens is 426 g/mol. The van der Waals surface area contributed by atoms with Gasteiger partial charge in [0.05, 0.1) is 16.3 Å². The number of nitrogens with zero attached hydrogens (tertiary/aromatic N) is 3. The lowest BCUT2D eigenvalue weighted by Gasteiger charge is -2.17. The first-order valence-corrected chi connectivity index (χ1v) is 12.4. The molecular formula is C28H31N3OS. The van der Waals surface area contributed by atoms with Crippen molar-refractivity contribution in [1.82, 2.24) is 9.47 Å². The molecule has 0 saturated carbocycles. The minimum atomic E-state index is 0.0338. The Kier molecular flexibility index (Phi) is 6.89. The third kappa shape index (κ3) is 4.55. The van der Waals surface area contributed by atoms with E-state index in [1.165, 1.54) is 34.3 Å². The highest BCUT2D eigenvalue weighted by molar-refractivity contribution is 8.18. The number of amides is 1. The van der Waals surface area contributed by atoms with E-state index in [1.54, 1.807) is 4.90 Å². The average Bonchev–Trinajstić information content (AvgIpc) is 3.24. The predicted octanol–water partition coefficient (Wildman–Crippen LogP) is 6.98. The Morgan fingerprint density at radius 2 is 1.76 bits per heavy atom. The first-order chi connectivity index (χ1) is 15.9. The lowest BCUT2D eigenvalue weighted by Crippen LogP contribution is -2.29. The molecule has 1 aliphatic heterocycles. The first-order valence-electron chi connectivity index (χ1n) is 11.6. The van der Waals surface area contributed by atoms with Crippen molar-refractivity contribution in [3.63, 3.8) is 0 Å². The number of amidine groups is 1. The smallest absolute Gasteiger partial charge is 0.266 e. The van der Waals surface area contributed by atoms with E-state index in [4.69, 9.17) is 4.99 Å². The van der Waals surface area contributed by atoms with Gasteiger partial charge in [-0.25, -0.2) is 4.99 Å². The molecule has 3 aromatic rings. The van der Waals surface area contributed by atoms with Crippen LogP contribution in [0.25, 0.3) is 11.8 Å². The molecule has 0 aliphatic carbocycles. The Hall–Kier alpha value is -3.05. The van der Waals surface area contributed by atoms with Gasteiger partial charge in [-0.05, 0) is 86.3 Å². The molecule has 2 aromatic carbocycles. The van der Waals surface area contributed by atoms with Gasteiger partial charge in [0.2, 0.25) is 0 Å². The third-order valence-corrected chi connectivity index (χ3v) is 7.01. The molecule has 1 fully saturated rings. The van der Waals surface area contributed by atoms with Crippen molar-refractivity contribution in [3.8, 4) is 5.69 Å². The number of aryl methyl sites for hydroxylation is 3. The summed E-state index contributed by atoms with van der Waals surface area (Å²) in [5.41, 5.74) is 8.09. The summed E-state index contributed by atoms with van der Waals surface area (Å²) < 4.78 is 2.33. The van der Waals surface area contributed by atoms with Crippen LogP contribution in [0.5, 0.6) is 0 Å². The number of hydrogen-bond acceptors (Lipinski definition) is 3. The van der Waals surface area contributed by atoms with Gasteiger partial charge in [-0.1, -0.05) is 50.2 Å². The fourth-order valence-corrected chi connectivity index (χ4v) is 5.38. The molecule has 1 saturated heterocycles. The molecule has 4 nitrogen and oxygen atoms in total. The Bertz CT molecular complexity index is 1240. The summed E-state index contributed by atoms with van der Waals surface area (Å²) in [4.78, 5) is 20.6. The van der Waals surface area contributed by atoms with Gasteiger partial charge in [0.25, 0.3) is 5.91 Å².